The first-order chi connectivity index (χ1) is 13.6. The van der Waals surface area contributed by atoms with E-state index >= 15 is 0 Å². The van der Waals surface area contributed by atoms with Gasteiger partial charge in [0.1, 0.15) is 0 Å². The highest BCUT2D eigenvalue weighted by molar-refractivity contribution is 6.31. The molecule has 0 atom stereocenters. The van der Waals surface area contributed by atoms with Gasteiger partial charge in [0.2, 0.25) is 6.79 Å². The number of anilines is 2. The molecule has 2 N–H and O–H groups in total. The Morgan fingerprint density at radius 2 is 1.93 bits per heavy atom. The Labute approximate surface area is 166 Å². The highest BCUT2D eigenvalue weighted by Gasteiger charge is 2.14. The van der Waals surface area contributed by atoms with Crippen LogP contribution in [0.25, 0.3) is 0 Å². The van der Waals surface area contributed by atoms with Crippen molar-refractivity contribution < 1.29 is 14.3 Å². The Morgan fingerprint density at radius 1 is 1.07 bits per heavy atom. The van der Waals surface area contributed by atoms with Gasteiger partial charge in [-0.3, -0.25) is 4.79 Å². The molecule has 1 aromatic heterocycles. The van der Waals surface area contributed by atoms with Crippen LogP contribution in [0.2, 0.25) is 5.02 Å². The van der Waals surface area contributed by atoms with E-state index in [1.807, 2.05) is 43.3 Å². The number of hydrogen-bond acceptors (Lipinski definition) is 6. The van der Waals surface area contributed by atoms with Gasteiger partial charge in [0.15, 0.2) is 23.0 Å². The lowest BCUT2D eigenvalue weighted by molar-refractivity contribution is 0.0945. The molecule has 142 valence electrons. The van der Waals surface area contributed by atoms with Crippen LogP contribution in [0.5, 0.6) is 11.5 Å². The summed E-state index contributed by atoms with van der Waals surface area (Å²) in [6.07, 6.45) is 0. The van der Waals surface area contributed by atoms with Crippen molar-refractivity contribution in [3.05, 3.63) is 70.4 Å². The van der Waals surface area contributed by atoms with Crippen LogP contribution >= 0.6 is 11.6 Å². The maximum Gasteiger partial charge on any atom is 0.272 e. The second-order valence-corrected chi connectivity index (χ2v) is 6.67. The van der Waals surface area contributed by atoms with Gasteiger partial charge in [0.25, 0.3) is 5.91 Å². The van der Waals surface area contributed by atoms with E-state index in [0.29, 0.717) is 28.9 Å². The predicted molar refractivity (Wildman–Crippen MR) is 105 cm³/mol. The van der Waals surface area contributed by atoms with Crippen LogP contribution in [0.4, 0.5) is 11.5 Å². The lowest BCUT2D eigenvalue weighted by Crippen LogP contribution is -2.24. The lowest BCUT2D eigenvalue weighted by Gasteiger charge is -2.08. The summed E-state index contributed by atoms with van der Waals surface area (Å²) in [6, 6.07) is 14.5. The zero-order valence-electron chi connectivity index (χ0n) is 15.0. The number of aromatic nitrogens is 2. The van der Waals surface area contributed by atoms with E-state index in [2.05, 4.69) is 20.8 Å². The summed E-state index contributed by atoms with van der Waals surface area (Å²) >= 11 is 6.12. The van der Waals surface area contributed by atoms with E-state index in [-0.39, 0.29) is 18.4 Å². The molecule has 1 aliphatic heterocycles. The van der Waals surface area contributed by atoms with Crippen molar-refractivity contribution in [2.75, 3.05) is 12.1 Å². The predicted octanol–water partition coefficient (Wildman–Crippen LogP) is 3.84. The molecule has 0 unspecified atom stereocenters. The minimum atomic E-state index is -0.310. The molecular formula is C20H17ClN4O3. The fourth-order valence-electron chi connectivity index (χ4n) is 2.66. The molecule has 1 amide bonds. The Bertz CT molecular complexity index is 1020. The van der Waals surface area contributed by atoms with Gasteiger partial charge >= 0.3 is 0 Å². The van der Waals surface area contributed by atoms with Crippen LogP contribution in [-0.4, -0.2) is 22.9 Å². The maximum atomic E-state index is 12.3. The fourth-order valence-corrected chi connectivity index (χ4v) is 2.84. The van der Waals surface area contributed by atoms with Crippen LogP contribution in [-0.2, 0) is 6.54 Å². The van der Waals surface area contributed by atoms with Crippen molar-refractivity contribution in [3.63, 3.8) is 0 Å². The summed E-state index contributed by atoms with van der Waals surface area (Å²) < 4.78 is 10.6. The number of carbonyl (C=O) groups is 1. The molecular weight excluding hydrogens is 380 g/mol. The van der Waals surface area contributed by atoms with Gasteiger partial charge in [-0.1, -0.05) is 23.7 Å². The number of carbonyl (C=O) groups excluding carboxylic acids is 1. The molecule has 3 aromatic rings. The van der Waals surface area contributed by atoms with Crippen LogP contribution < -0.4 is 20.1 Å². The Morgan fingerprint density at radius 3 is 2.71 bits per heavy atom. The van der Waals surface area contributed by atoms with Gasteiger partial charge in [0.05, 0.1) is 0 Å². The number of nitrogens with one attached hydrogen (secondary N) is 2. The Balaban J connectivity index is 1.36. The van der Waals surface area contributed by atoms with E-state index in [9.17, 15) is 4.79 Å². The number of halogens is 1. The molecule has 0 saturated carbocycles. The van der Waals surface area contributed by atoms with Crippen molar-refractivity contribution in [1.82, 2.24) is 15.5 Å². The molecule has 0 saturated heterocycles. The van der Waals surface area contributed by atoms with E-state index in [0.717, 1.165) is 16.8 Å². The summed E-state index contributed by atoms with van der Waals surface area (Å²) in [5.41, 5.74) is 2.92. The average Bonchev–Trinajstić information content (AvgIpc) is 3.17. The number of amides is 1. The third-order valence-corrected chi connectivity index (χ3v) is 4.64. The van der Waals surface area contributed by atoms with E-state index in [4.69, 9.17) is 21.1 Å². The smallest absolute Gasteiger partial charge is 0.272 e. The first kappa shape index (κ1) is 18.1. The fraction of sp³-hybridized carbons (Fsp3) is 0.150. The highest BCUT2D eigenvalue weighted by atomic mass is 35.5. The van der Waals surface area contributed by atoms with Crippen molar-refractivity contribution in [1.29, 1.82) is 0 Å². The molecule has 0 bridgehead atoms. The van der Waals surface area contributed by atoms with Gasteiger partial charge in [-0.2, -0.15) is 0 Å². The normalized spacial score (nSPS) is 11.9. The molecule has 28 heavy (non-hydrogen) atoms. The number of rotatable bonds is 5. The first-order valence-electron chi connectivity index (χ1n) is 8.62. The molecule has 0 aliphatic carbocycles. The number of fused-ring (bicyclic) bond motifs is 1. The second-order valence-electron chi connectivity index (χ2n) is 6.26. The largest absolute Gasteiger partial charge is 0.454 e. The average molecular weight is 397 g/mol. The summed E-state index contributed by atoms with van der Waals surface area (Å²) in [4.78, 5) is 12.3. The minimum Gasteiger partial charge on any atom is -0.454 e. The van der Waals surface area contributed by atoms with Crippen LogP contribution in [0.1, 0.15) is 21.6 Å². The zero-order chi connectivity index (χ0) is 19.5. The van der Waals surface area contributed by atoms with Gasteiger partial charge in [-0.25, -0.2) is 0 Å². The molecule has 1 aliphatic rings. The SMILES string of the molecule is Cc1ccc(Nc2ccc(C(=O)NCc3ccc4c(c3)OCO4)nn2)cc1Cl. The van der Waals surface area contributed by atoms with Crippen molar-refractivity contribution in [2.24, 2.45) is 0 Å². The third kappa shape index (κ3) is 3.99. The molecule has 0 spiro atoms. The monoisotopic (exact) mass is 396 g/mol. The molecule has 7 nitrogen and oxygen atoms in total. The van der Waals surface area contributed by atoms with Crippen molar-refractivity contribution in [2.45, 2.75) is 13.5 Å². The topological polar surface area (TPSA) is 85.4 Å². The van der Waals surface area contributed by atoms with Gasteiger partial charge in [-0.15, -0.1) is 10.2 Å². The first-order valence-corrected chi connectivity index (χ1v) is 9.00. The number of ether oxygens (including phenoxy) is 2. The van der Waals surface area contributed by atoms with E-state index < -0.39 is 0 Å². The standard InChI is InChI=1S/C20H17ClN4O3/c1-12-2-4-14(9-15(12)21)23-19-7-5-16(24-25-19)20(26)22-10-13-3-6-17-18(8-13)28-11-27-17/h2-9H,10-11H2,1H3,(H,22,26)(H,23,25). The molecule has 0 fully saturated rings. The van der Waals surface area contributed by atoms with Gasteiger partial charge in [0, 0.05) is 17.3 Å². The van der Waals surface area contributed by atoms with E-state index in [1.54, 1.807) is 12.1 Å². The summed E-state index contributed by atoms with van der Waals surface area (Å²) in [6.45, 7) is 2.50. The van der Waals surface area contributed by atoms with Crippen LogP contribution in [0.15, 0.2) is 48.5 Å². The third-order valence-electron chi connectivity index (χ3n) is 4.23. The maximum absolute atomic E-state index is 12.3. The highest BCUT2D eigenvalue weighted by Crippen LogP contribution is 2.32. The van der Waals surface area contributed by atoms with E-state index in [1.165, 1.54) is 0 Å². The van der Waals surface area contributed by atoms with Gasteiger partial charge < -0.3 is 20.1 Å². The summed E-state index contributed by atoms with van der Waals surface area (Å²) in [7, 11) is 0. The molecule has 2 aromatic carbocycles. The van der Waals surface area contributed by atoms with Crippen molar-refractivity contribution in [3.8, 4) is 11.5 Å². The number of nitrogens with zero attached hydrogens (tertiary/aromatic N) is 2. The summed E-state index contributed by atoms with van der Waals surface area (Å²) in [5, 5.41) is 14.6. The zero-order valence-corrected chi connectivity index (χ0v) is 15.8. The second kappa shape index (κ2) is 7.74. The van der Waals surface area contributed by atoms with Gasteiger partial charge in [-0.05, 0) is 54.4 Å². The lowest BCUT2D eigenvalue weighted by atomic mass is 10.2. The van der Waals surface area contributed by atoms with Crippen LogP contribution in [0.3, 0.4) is 0 Å². The summed E-state index contributed by atoms with van der Waals surface area (Å²) in [5.74, 6) is 1.60. The quantitative estimate of drug-likeness (QED) is 0.681. The molecule has 2 heterocycles. The number of benzene rings is 2. The Hall–Kier alpha value is -3.32. The van der Waals surface area contributed by atoms with Crippen molar-refractivity contribution >= 4 is 29.0 Å². The molecule has 8 heteroatoms. The van der Waals surface area contributed by atoms with Crippen LogP contribution in [0, 0.1) is 6.92 Å². The minimum absolute atomic E-state index is 0.218. The number of aryl methyl sites for hydroxylation is 1. The Kier molecular flexibility index (Phi) is 4.99. The molecule has 4 rings (SSSR count). The number of hydrogen-bond donors (Lipinski definition) is 2. The molecule has 0 radical (unpaired) electrons.